The molecule has 0 bridgehead atoms. The van der Waals surface area contributed by atoms with Crippen molar-refractivity contribution in [2.75, 3.05) is 0 Å². The van der Waals surface area contributed by atoms with Crippen molar-refractivity contribution in [3.8, 4) is 0 Å². The van der Waals surface area contributed by atoms with E-state index in [1.165, 1.54) is 37.7 Å². The molecule has 2 heteroatoms. The highest BCUT2D eigenvalue weighted by atomic mass is 19.2. The van der Waals surface area contributed by atoms with Crippen LogP contribution in [0.1, 0.15) is 58.3 Å². The average molecular weight is 318 g/mol. The molecule has 23 heavy (non-hydrogen) atoms. The van der Waals surface area contributed by atoms with Gasteiger partial charge in [0.25, 0.3) is 0 Å². The lowest BCUT2D eigenvalue weighted by Crippen LogP contribution is -2.12. The van der Waals surface area contributed by atoms with Gasteiger partial charge in [0, 0.05) is 5.57 Å². The molecule has 0 unspecified atom stereocenters. The molecule has 0 radical (unpaired) electrons. The van der Waals surface area contributed by atoms with Crippen LogP contribution >= 0.6 is 0 Å². The van der Waals surface area contributed by atoms with Crippen LogP contribution in [0.4, 0.5) is 8.78 Å². The van der Waals surface area contributed by atoms with Crippen LogP contribution in [-0.4, -0.2) is 0 Å². The minimum absolute atomic E-state index is 0.152. The Morgan fingerprint density at radius 3 is 2.43 bits per heavy atom. The third-order valence-corrected chi connectivity index (χ3v) is 5.29. The summed E-state index contributed by atoms with van der Waals surface area (Å²) in [6, 6.07) is 0. The Morgan fingerprint density at radius 1 is 1.17 bits per heavy atom. The molecule has 0 aromatic carbocycles. The van der Waals surface area contributed by atoms with Crippen molar-refractivity contribution < 1.29 is 8.78 Å². The SMILES string of the molecule is C=C/C(F)=C(/F)C(=C)C1=CC=C(CCC2CCC(C)CC2)CC1. The second-order valence-corrected chi connectivity index (χ2v) is 7.03. The lowest BCUT2D eigenvalue weighted by Gasteiger charge is -2.26. The smallest absolute Gasteiger partial charge is 0.165 e. The second kappa shape index (κ2) is 8.42. The molecular formula is C21H28F2. The van der Waals surface area contributed by atoms with E-state index in [1.807, 2.05) is 6.08 Å². The van der Waals surface area contributed by atoms with Crippen LogP contribution in [-0.2, 0) is 0 Å². The highest BCUT2D eigenvalue weighted by Gasteiger charge is 2.19. The van der Waals surface area contributed by atoms with Gasteiger partial charge in [0.1, 0.15) is 0 Å². The van der Waals surface area contributed by atoms with E-state index >= 15 is 0 Å². The number of hydrogen-bond donors (Lipinski definition) is 0. The lowest BCUT2D eigenvalue weighted by atomic mass is 9.79. The number of allylic oxidation sites excluding steroid dienone is 8. The maximum atomic E-state index is 13.8. The van der Waals surface area contributed by atoms with Crippen LogP contribution in [0.2, 0.25) is 0 Å². The van der Waals surface area contributed by atoms with Crippen molar-refractivity contribution in [2.24, 2.45) is 11.8 Å². The summed E-state index contributed by atoms with van der Waals surface area (Å²) in [4.78, 5) is 0. The van der Waals surface area contributed by atoms with E-state index in [1.54, 1.807) is 0 Å². The molecule has 0 aliphatic heterocycles. The summed E-state index contributed by atoms with van der Waals surface area (Å²) in [6.07, 6.45) is 14.4. The van der Waals surface area contributed by atoms with Gasteiger partial charge in [-0.1, -0.05) is 63.5 Å². The summed E-state index contributed by atoms with van der Waals surface area (Å²) >= 11 is 0. The minimum Gasteiger partial charge on any atom is -0.204 e. The molecule has 0 spiro atoms. The number of halogens is 2. The molecular weight excluding hydrogens is 290 g/mol. The molecule has 2 aliphatic rings. The Bertz CT molecular complexity index is 540. The topological polar surface area (TPSA) is 0 Å². The third kappa shape index (κ3) is 5.02. The predicted octanol–water partition coefficient (Wildman–Crippen LogP) is 7.13. The van der Waals surface area contributed by atoms with Crippen LogP contribution in [0.3, 0.4) is 0 Å². The van der Waals surface area contributed by atoms with Gasteiger partial charge in [-0.25, -0.2) is 8.78 Å². The van der Waals surface area contributed by atoms with E-state index in [9.17, 15) is 8.78 Å². The average Bonchev–Trinajstić information content (AvgIpc) is 2.59. The van der Waals surface area contributed by atoms with Crippen LogP contribution in [0.25, 0.3) is 0 Å². The fraction of sp³-hybridized carbons (Fsp3) is 0.524. The van der Waals surface area contributed by atoms with Crippen molar-refractivity contribution in [3.63, 3.8) is 0 Å². The standard InChI is InChI=1S/C21H28F2/c1-4-20(22)21(23)16(3)19-13-11-18(12-14-19)10-9-17-7-5-15(2)6-8-17/h4,11,13,15,17H,1,3,5-10,12,14H2,2H3/b21-20-. The first-order valence-corrected chi connectivity index (χ1v) is 8.77. The quantitative estimate of drug-likeness (QED) is 0.457. The number of rotatable bonds is 6. The molecule has 1 fully saturated rings. The molecule has 0 amide bonds. The molecule has 0 N–H and O–H groups in total. The largest absolute Gasteiger partial charge is 0.204 e. The number of hydrogen-bond acceptors (Lipinski definition) is 0. The third-order valence-electron chi connectivity index (χ3n) is 5.29. The van der Waals surface area contributed by atoms with Crippen molar-refractivity contribution in [3.05, 3.63) is 59.8 Å². The first-order chi connectivity index (χ1) is 11.0. The zero-order valence-corrected chi connectivity index (χ0v) is 14.2. The summed E-state index contributed by atoms with van der Waals surface area (Å²) in [5.41, 5.74) is 2.36. The normalized spacial score (nSPS) is 26.0. The van der Waals surface area contributed by atoms with E-state index in [-0.39, 0.29) is 5.57 Å². The molecule has 0 heterocycles. The fourth-order valence-corrected chi connectivity index (χ4v) is 3.52. The molecule has 2 rings (SSSR count). The Morgan fingerprint density at radius 2 is 1.87 bits per heavy atom. The van der Waals surface area contributed by atoms with E-state index in [0.29, 0.717) is 0 Å². The van der Waals surface area contributed by atoms with Crippen molar-refractivity contribution in [1.29, 1.82) is 0 Å². The maximum absolute atomic E-state index is 13.8. The first-order valence-electron chi connectivity index (χ1n) is 8.77. The first kappa shape index (κ1) is 17.9. The highest BCUT2D eigenvalue weighted by Crippen LogP contribution is 2.35. The summed E-state index contributed by atoms with van der Waals surface area (Å²) in [5, 5.41) is 0. The molecule has 2 aliphatic carbocycles. The van der Waals surface area contributed by atoms with Gasteiger partial charge in [-0.3, -0.25) is 0 Å². The Labute approximate surface area is 139 Å². The molecule has 0 nitrogen and oxygen atoms in total. The Kier molecular flexibility index (Phi) is 6.56. The van der Waals surface area contributed by atoms with E-state index in [2.05, 4.69) is 26.2 Å². The van der Waals surface area contributed by atoms with Gasteiger partial charge in [0.15, 0.2) is 11.7 Å². The molecule has 1 saturated carbocycles. The van der Waals surface area contributed by atoms with E-state index in [4.69, 9.17) is 0 Å². The van der Waals surface area contributed by atoms with E-state index in [0.717, 1.165) is 42.7 Å². The van der Waals surface area contributed by atoms with Gasteiger partial charge >= 0.3 is 0 Å². The zero-order valence-electron chi connectivity index (χ0n) is 14.2. The molecule has 0 aromatic heterocycles. The van der Waals surface area contributed by atoms with E-state index < -0.39 is 11.7 Å². The lowest BCUT2D eigenvalue weighted by molar-refractivity contribution is 0.277. The van der Waals surface area contributed by atoms with Gasteiger partial charge in [0.05, 0.1) is 0 Å². The van der Waals surface area contributed by atoms with Crippen molar-refractivity contribution >= 4 is 0 Å². The van der Waals surface area contributed by atoms with Gasteiger partial charge in [-0.2, -0.15) is 0 Å². The Hall–Kier alpha value is -1.44. The van der Waals surface area contributed by atoms with Crippen molar-refractivity contribution in [2.45, 2.75) is 58.3 Å². The Balaban J connectivity index is 1.88. The van der Waals surface area contributed by atoms with Crippen LogP contribution in [0.15, 0.2) is 59.8 Å². The predicted molar refractivity (Wildman–Crippen MR) is 94.3 cm³/mol. The molecule has 0 atom stereocenters. The summed E-state index contributed by atoms with van der Waals surface area (Å²) < 4.78 is 27.0. The van der Waals surface area contributed by atoms with Crippen molar-refractivity contribution in [1.82, 2.24) is 0 Å². The van der Waals surface area contributed by atoms with Crippen LogP contribution in [0, 0.1) is 11.8 Å². The molecule has 0 aromatic rings. The summed E-state index contributed by atoms with van der Waals surface area (Å²) in [7, 11) is 0. The van der Waals surface area contributed by atoms with Gasteiger partial charge in [-0.05, 0) is 49.2 Å². The monoisotopic (exact) mass is 318 g/mol. The molecule has 0 saturated heterocycles. The fourth-order valence-electron chi connectivity index (χ4n) is 3.52. The van der Waals surface area contributed by atoms with Crippen LogP contribution < -0.4 is 0 Å². The second-order valence-electron chi connectivity index (χ2n) is 7.03. The zero-order chi connectivity index (χ0) is 16.8. The molecule has 126 valence electrons. The maximum Gasteiger partial charge on any atom is 0.165 e. The minimum atomic E-state index is -0.933. The van der Waals surface area contributed by atoms with Gasteiger partial charge in [0.2, 0.25) is 0 Å². The van der Waals surface area contributed by atoms with Crippen LogP contribution in [0.5, 0.6) is 0 Å². The van der Waals surface area contributed by atoms with Gasteiger partial charge in [-0.15, -0.1) is 0 Å². The summed E-state index contributed by atoms with van der Waals surface area (Å²) in [5.74, 6) is -0.0540. The van der Waals surface area contributed by atoms with Gasteiger partial charge < -0.3 is 0 Å². The highest BCUT2D eigenvalue weighted by molar-refractivity contribution is 5.47. The summed E-state index contributed by atoms with van der Waals surface area (Å²) in [6.45, 7) is 9.28.